The number of fused-ring (bicyclic) bond motifs is 1. The van der Waals surface area contributed by atoms with E-state index in [2.05, 4.69) is 4.72 Å². The normalized spacial score (nSPS) is 26.4. The molecule has 1 heterocycles. The molecule has 0 aromatic heterocycles. The van der Waals surface area contributed by atoms with E-state index in [0.717, 1.165) is 11.3 Å². The van der Waals surface area contributed by atoms with Crippen molar-refractivity contribution in [3.63, 3.8) is 0 Å². The van der Waals surface area contributed by atoms with E-state index in [1.807, 2.05) is 13.8 Å². The smallest absolute Gasteiger partial charge is 0.240 e. The summed E-state index contributed by atoms with van der Waals surface area (Å²) >= 11 is 0. The zero-order valence-corrected chi connectivity index (χ0v) is 15.8. The monoisotopic (exact) mass is 366 g/mol. The van der Waals surface area contributed by atoms with E-state index in [9.17, 15) is 18.3 Å². The molecule has 25 heavy (non-hydrogen) atoms. The van der Waals surface area contributed by atoms with Gasteiger partial charge in [-0.2, -0.15) is 0 Å². The van der Waals surface area contributed by atoms with E-state index >= 15 is 0 Å². The average molecular weight is 366 g/mol. The molecule has 138 valence electrons. The Labute approximate surface area is 149 Å². The Bertz CT molecular complexity index is 780. The Balaban J connectivity index is 1.89. The minimum Gasteiger partial charge on any atom is -0.393 e. The molecule has 1 saturated carbocycles. The molecule has 3 rings (SSSR count). The molecule has 2 N–H and O–H groups in total. The minimum atomic E-state index is -3.63. The molecule has 1 fully saturated rings. The van der Waals surface area contributed by atoms with Crippen LogP contribution in [0.4, 0.5) is 5.69 Å². The Hall–Kier alpha value is -1.44. The Morgan fingerprint density at radius 1 is 1.20 bits per heavy atom. The highest BCUT2D eigenvalue weighted by Gasteiger charge is 2.36. The molecule has 1 aromatic rings. The maximum absolute atomic E-state index is 12.8. The van der Waals surface area contributed by atoms with Crippen molar-refractivity contribution in [3.05, 3.63) is 23.8 Å². The van der Waals surface area contributed by atoms with Crippen LogP contribution >= 0.6 is 0 Å². The second-order valence-electron chi connectivity index (χ2n) is 7.82. The number of hydrogen-bond donors (Lipinski definition) is 2. The number of aliphatic hydroxyl groups is 1. The van der Waals surface area contributed by atoms with Crippen molar-refractivity contribution >= 4 is 21.6 Å². The molecule has 2 aliphatic rings. The van der Waals surface area contributed by atoms with Crippen molar-refractivity contribution in [2.75, 3.05) is 11.9 Å². The molecule has 1 aliphatic heterocycles. The Morgan fingerprint density at radius 3 is 2.48 bits per heavy atom. The highest BCUT2D eigenvalue weighted by molar-refractivity contribution is 7.89. The number of carbonyl (C=O) groups excluding carboxylic acids is 1. The molecular weight excluding hydrogens is 340 g/mol. The van der Waals surface area contributed by atoms with Gasteiger partial charge in [-0.25, -0.2) is 13.1 Å². The van der Waals surface area contributed by atoms with Crippen molar-refractivity contribution in [1.29, 1.82) is 0 Å². The first kappa shape index (κ1) is 18.4. The van der Waals surface area contributed by atoms with Crippen LogP contribution in [-0.2, 0) is 20.2 Å². The summed E-state index contributed by atoms with van der Waals surface area (Å²) < 4.78 is 28.3. The number of hydrogen-bond acceptors (Lipinski definition) is 4. The molecule has 0 saturated heterocycles. The Kier molecular flexibility index (Phi) is 4.68. The molecule has 7 heteroatoms. The van der Waals surface area contributed by atoms with E-state index < -0.39 is 15.4 Å². The van der Waals surface area contributed by atoms with Gasteiger partial charge in [-0.1, -0.05) is 13.8 Å². The SMILES string of the molecule is CN1C(=O)CC(C)(C)c2cc(S(=O)(=O)NC3CCC(O)CC3)ccc21. The number of amides is 1. The standard InChI is InChI=1S/C18H26N2O4S/c1-18(2)11-17(22)20(3)16-9-8-14(10-15(16)18)25(23,24)19-12-4-6-13(21)7-5-12/h8-10,12-13,19,21H,4-7,11H2,1-3H3. The van der Waals surface area contributed by atoms with Crippen molar-refractivity contribution < 1.29 is 18.3 Å². The van der Waals surface area contributed by atoms with Crippen LogP contribution in [0.3, 0.4) is 0 Å². The first-order valence-electron chi connectivity index (χ1n) is 8.72. The lowest BCUT2D eigenvalue weighted by atomic mass is 9.77. The van der Waals surface area contributed by atoms with E-state index in [0.29, 0.717) is 32.1 Å². The van der Waals surface area contributed by atoms with Crippen LogP contribution in [-0.4, -0.2) is 38.6 Å². The number of sulfonamides is 1. The predicted molar refractivity (Wildman–Crippen MR) is 96.1 cm³/mol. The van der Waals surface area contributed by atoms with Crippen molar-refractivity contribution in [2.24, 2.45) is 0 Å². The maximum atomic E-state index is 12.8. The van der Waals surface area contributed by atoms with E-state index in [4.69, 9.17) is 0 Å². The fourth-order valence-corrected chi connectivity index (χ4v) is 5.06. The average Bonchev–Trinajstić information content (AvgIpc) is 2.54. The number of anilines is 1. The minimum absolute atomic E-state index is 0.0343. The first-order chi connectivity index (χ1) is 11.6. The number of benzene rings is 1. The molecule has 0 unspecified atom stereocenters. The lowest BCUT2D eigenvalue weighted by molar-refractivity contribution is -0.119. The molecule has 0 spiro atoms. The molecule has 0 bridgehead atoms. The summed E-state index contributed by atoms with van der Waals surface area (Å²) in [6.07, 6.45) is 2.57. The summed E-state index contributed by atoms with van der Waals surface area (Å²) in [5, 5.41) is 9.57. The zero-order chi connectivity index (χ0) is 18.4. The molecule has 1 amide bonds. The van der Waals surface area contributed by atoms with Crippen LogP contribution < -0.4 is 9.62 Å². The van der Waals surface area contributed by atoms with Crippen LogP contribution in [0.1, 0.15) is 51.5 Å². The van der Waals surface area contributed by atoms with Gasteiger partial charge in [-0.05, 0) is 49.4 Å². The predicted octanol–water partition coefficient (Wildman–Crippen LogP) is 1.91. The second-order valence-corrected chi connectivity index (χ2v) is 9.53. The van der Waals surface area contributed by atoms with E-state index in [-0.39, 0.29) is 22.9 Å². The quantitative estimate of drug-likeness (QED) is 0.856. The van der Waals surface area contributed by atoms with Gasteiger partial charge < -0.3 is 10.0 Å². The third kappa shape index (κ3) is 3.59. The zero-order valence-electron chi connectivity index (χ0n) is 14.9. The second kappa shape index (κ2) is 6.37. The lowest BCUT2D eigenvalue weighted by Gasteiger charge is -2.37. The number of rotatable bonds is 3. The third-order valence-corrected chi connectivity index (χ3v) is 6.87. The highest BCUT2D eigenvalue weighted by Crippen LogP contribution is 2.40. The van der Waals surface area contributed by atoms with Crippen LogP contribution in [0.2, 0.25) is 0 Å². The fraction of sp³-hybridized carbons (Fsp3) is 0.611. The van der Waals surface area contributed by atoms with Crippen LogP contribution in [0.25, 0.3) is 0 Å². The van der Waals surface area contributed by atoms with Crippen LogP contribution in [0.5, 0.6) is 0 Å². The number of carbonyl (C=O) groups is 1. The highest BCUT2D eigenvalue weighted by atomic mass is 32.2. The van der Waals surface area contributed by atoms with Gasteiger partial charge in [-0.15, -0.1) is 0 Å². The van der Waals surface area contributed by atoms with Gasteiger partial charge in [0, 0.05) is 30.6 Å². The van der Waals surface area contributed by atoms with Crippen molar-refractivity contribution in [3.8, 4) is 0 Å². The van der Waals surface area contributed by atoms with Gasteiger partial charge in [-0.3, -0.25) is 4.79 Å². The maximum Gasteiger partial charge on any atom is 0.240 e. The first-order valence-corrected chi connectivity index (χ1v) is 10.2. The van der Waals surface area contributed by atoms with Gasteiger partial charge in [0.1, 0.15) is 0 Å². The topological polar surface area (TPSA) is 86.7 Å². The molecular formula is C18H26N2O4S. The summed E-state index contributed by atoms with van der Waals surface area (Å²) in [7, 11) is -1.91. The lowest BCUT2D eigenvalue weighted by Crippen LogP contribution is -2.40. The van der Waals surface area contributed by atoms with Gasteiger partial charge in [0.05, 0.1) is 11.0 Å². The van der Waals surface area contributed by atoms with Crippen LogP contribution in [0, 0.1) is 0 Å². The van der Waals surface area contributed by atoms with Gasteiger partial charge in [0.15, 0.2) is 0 Å². The fourth-order valence-electron chi connectivity index (χ4n) is 3.72. The molecule has 0 atom stereocenters. The van der Waals surface area contributed by atoms with Crippen LogP contribution in [0.15, 0.2) is 23.1 Å². The number of nitrogens with zero attached hydrogens (tertiary/aromatic N) is 1. The summed E-state index contributed by atoms with van der Waals surface area (Å²) in [4.78, 5) is 13.9. The summed E-state index contributed by atoms with van der Waals surface area (Å²) in [6, 6.07) is 4.83. The van der Waals surface area contributed by atoms with Gasteiger partial charge in [0.2, 0.25) is 15.9 Å². The van der Waals surface area contributed by atoms with Gasteiger partial charge in [0.25, 0.3) is 0 Å². The van der Waals surface area contributed by atoms with Crippen molar-refractivity contribution in [2.45, 2.75) is 68.4 Å². The Morgan fingerprint density at radius 2 is 1.84 bits per heavy atom. The molecule has 1 aromatic carbocycles. The summed E-state index contributed by atoms with van der Waals surface area (Å²) in [5.74, 6) is 0.0343. The summed E-state index contributed by atoms with van der Waals surface area (Å²) in [6.45, 7) is 3.92. The number of nitrogens with one attached hydrogen (secondary N) is 1. The molecule has 0 radical (unpaired) electrons. The van der Waals surface area contributed by atoms with E-state index in [1.54, 1.807) is 30.1 Å². The summed E-state index contributed by atoms with van der Waals surface area (Å²) in [5.41, 5.74) is 1.23. The molecule has 6 nitrogen and oxygen atoms in total. The van der Waals surface area contributed by atoms with Gasteiger partial charge >= 0.3 is 0 Å². The van der Waals surface area contributed by atoms with E-state index in [1.165, 1.54) is 0 Å². The third-order valence-electron chi connectivity index (χ3n) is 5.35. The number of aliphatic hydroxyl groups excluding tert-OH is 1. The molecule has 1 aliphatic carbocycles. The largest absolute Gasteiger partial charge is 0.393 e. The van der Waals surface area contributed by atoms with Crippen molar-refractivity contribution in [1.82, 2.24) is 4.72 Å².